The molecular formula is C47H53Cl2N3O8. The summed E-state index contributed by atoms with van der Waals surface area (Å²) in [5, 5.41) is 26.7. The first-order chi connectivity index (χ1) is 28.5. The zero-order valence-corrected chi connectivity index (χ0v) is 36.2. The fourth-order valence-corrected chi connectivity index (χ4v) is 8.02. The largest absolute Gasteiger partial charge is 0.505 e. The molecule has 3 amide bonds. The normalized spacial score (nSPS) is 15.2. The highest BCUT2D eigenvalue weighted by molar-refractivity contribution is 6.37. The molecule has 0 spiro atoms. The quantitative estimate of drug-likeness (QED) is 0.0610. The Labute approximate surface area is 361 Å². The van der Waals surface area contributed by atoms with Gasteiger partial charge in [-0.1, -0.05) is 135 Å². The number of hydrogen-bond donors (Lipinski definition) is 4. The number of aromatic hydroxyl groups is 1. The molecule has 318 valence electrons. The summed E-state index contributed by atoms with van der Waals surface area (Å²) in [6, 6.07) is 23.6. The number of esters is 1. The van der Waals surface area contributed by atoms with Crippen LogP contribution in [0.4, 0.5) is 4.79 Å². The van der Waals surface area contributed by atoms with E-state index in [-0.39, 0.29) is 40.7 Å². The standard InChI is InChI=1S/C47H53Cl2N3O8/c1-8-27(3)39(52(7)46(57)59-26-35-33-21-15-13-19-31(33)32-20-14-16-22-34(32)35)44(55)50-38(25-29-23-36(48)40(53)37(49)24-29)43(54)51-42(47(5,6)58)45(56)60-41(28(4)9-2)30-17-11-10-12-18-30/h9-24,27-28,35,38-39,41-42,53,58H,2,8,25-26H2,1,3-7H3,(H,50,55)(H,51,54)/t27-,28+,38?,39?,41-,42?/m0/s1. The van der Waals surface area contributed by atoms with Gasteiger partial charge in [0.25, 0.3) is 0 Å². The monoisotopic (exact) mass is 857 g/mol. The lowest BCUT2D eigenvalue weighted by Crippen LogP contribution is -2.61. The molecule has 0 fully saturated rings. The number of nitrogens with zero attached hydrogens (tertiary/aromatic N) is 1. The molecule has 0 saturated heterocycles. The van der Waals surface area contributed by atoms with Crippen LogP contribution in [0.5, 0.6) is 5.75 Å². The first kappa shape index (κ1) is 45.7. The van der Waals surface area contributed by atoms with Gasteiger partial charge in [-0.25, -0.2) is 9.59 Å². The lowest BCUT2D eigenvalue weighted by Gasteiger charge is -2.34. The van der Waals surface area contributed by atoms with Crippen molar-refractivity contribution < 1.29 is 38.9 Å². The summed E-state index contributed by atoms with van der Waals surface area (Å²) in [4.78, 5) is 57.7. The van der Waals surface area contributed by atoms with Crippen molar-refractivity contribution in [2.24, 2.45) is 11.8 Å². The molecule has 4 N–H and O–H groups in total. The van der Waals surface area contributed by atoms with Crippen LogP contribution >= 0.6 is 23.2 Å². The highest BCUT2D eigenvalue weighted by Crippen LogP contribution is 2.44. The third kappa shape index (κ3) is 10.5. The number of ether oxygens (including phenoxy) is 2. The number of rotatable bonds is 17. The van der Waals surface area contributed by atoms with E-state index in [1.807, 2.05) is 68.4 Å². The van der Waals surface area contributed by atoms with Crippen LogP contribution in [0.15, 0.2) is 104 Å². The Hall–Kier alpha value is -5.36. The first-order valence-electron chi connectivity index (χ1n) is 19.9. The van der Waals surface area contributed by atoms with Gasteiger partial charge in [-0.3, -0.25) is 14.5 Å². The average Bonchev–Trinajstić information content (AvgIpc) is 3.55. The molecule has 4 aromatic carbocycles. The predicted molar refractivity (Wildman–Crippen MR) is 233 cm³/mol. The van der Waals surface area contributed by atoms with Crippen LogP contribution in [-0.4, -0.2) is 76.4 Å². The molecule has 11 nitrogen and oxygen atoms in total. The lowest BCUT2D eigenvalue weighted by molar-refractivity contribution is -0.162. The Balaban J connectivity index is 1.40. The maximum absolute atomic E-state index is 14.4. The molecule has 0 aromatic heterocycles. The van der Waals surface area contributed by atoms with Gasteiger partial charge in [0.1, 0.15) is 24.8 Å². The molecule has 0 radical (unpaired) electrons. The number of phenols is 1. The van der Waals surface area contributed by atoms with Crippen LogP contribution in [0, 0.1) is 11.8 Å². The van der Waals surface area contributed by atoms with Gasteiger partial charge >= 0.3 is 12.1 Å². The summed E-state index contributed by atoms with van der Waals surface area (Å²) in [6.07, 6.45) is 0.376. The van der Waals surface area contributed by atoms with E-state index in [4.69, 9.17) is 32.7 Å². The predicted octanol–water partition coefficient (Wildman–Crippen LogP) is 8.38. The number of carbonyl (C=O) groups excluding carboxylic acids is 4. The van der Waals surface area contributed by atoms with Gasteiger partial charge in [0.2, 0.25) is 11.8 Å². The Morgan fingerprint density at radius 1 is 0.883 bits per heavy atom. The summed E-state index contributed by atoms with van der Waals surface area (Å²) in [6.45, 7) is 12.1. The highest BCUT2D eigenvalue weighted by Gasteiger charge is 2.41. The minimum atomic E-state index is -1.84. The third-order valence-corrected chi connectivity index (χ3v) is 11.7. The second-order valence-corrected chi connectivity index (χ2v) is 16.7. The van der Waals surface area contributed by atoms with Crippen molar-refractivity contribution in [1.29, 1.82) is 0 Å². The van der Waals surface area contributed by atoms with Gasteiger partial charge in [0, 0.05) is 25.3 Å². The van der Waals surface area contributed by atoms with E-state index < -0.39 is 59.6 Å². The highest BCUT2D eigenvalue weighted by atomic mass is 35.5. The molecule has 1 aliphatic carbocycles. The number of phenolic OH excluding ortho intramolecular Hbond substituents is 1. The second kappa shape index (κ2) is 19.8. The topological polar surface area (TPSA) is 154 Å². The summed E-state index contributed by atoms with van der Waals surface area (Å²) >= 11 is 12.5. The summed E-state index contributed by atoms with van der Waals surface area (Å²) in [5.41, 5.74) is 3.42. The molecule has 60 heavy (non-hydrogen) atoms. The lowest BCUT2D eigenvalue weighted by atomic mass is 9.95. The summed E-state index contributed by atoms with van der Waals surface area (Å²) < 4.78 is 11.9. The molecule has 4 aromatic rings. The van der Waals surface area contributed by atoms with Crippen LogP contribution in [0.25, 0.3) is 11.1 Å². The molecule has 6 atom stereocenters. The Kier molecular flexibility index (Phi) is 15.1. The molecule has 0 heterocycles. The van der Waals surface area contributed by atoms with E-state index in [1.54, 1.807) is 37.3 Å². The van der Waals surface area contributed by atoms with Gasteiger partial charge in [-0.2, -0.15) is 0 Å². The Morgan fingerprint density at radius 3 is 1.97 bits per heavy atom. The number of carbonyl (C=O) groups is 4. The maximum atomic E-state index is 14.4. The molecule has 5 rings (SSSR count). The molecule has 13 heteroatoms. The molecular weight excluding hydrogens is 805 g/mol. The number of aliphatic hydroxyl groups is 1. The number of likely N-dealkylation sites (N-methyl/N-ethyl adjacent to an activating group) is 1. The van der Waals surface area contributed by atoms with Crippen molar-refractivity contribution in [2.45, 2.75) is 83.2 Å². The van der Waals surface area contributed by atoms with Crippen molar-refractivity contribution in [3.8, 4) is 16.9 Å². The van der Waals surface area contributed by atoms with E-state index in [0.29, 0.717) is 17.5 Å². The number of fused-ring (bicyclic) bond motifs is 3. The van der Waals surface area contributed by atoms with Crippen LogP contribution in [0.2, 0.25) is 10.0 Å². The number of halogens is 2. The van der Waals surface area contributed by atoms with Crippen molar-refractivity contribution >= 4 is 47.1 Å². The summed E-state index contributed by atoms with van der Waals surface area (Å²) in [7, 11) is 1.47. The SMILES string of the molecule is C=C[C@@H](C)[C@H](OC(=O)C(NC(=O)C(Cc1cc(Cl)c(O)c(Cl)c1)NC(=O)C([C@@H](C)CC)N(C)C(=O)OCC1c2ccccc2-c2ccccc21)C(C)(C)O)c1ccccc1. The minimum Gasteiger partial charge on any atom is -0.505 e. The average molecular weight is 859 g/mol. The van der Waals surface area contributed by atoms with Gasteiger partial charge < -0.3 is 30.3 Å². The fraction of sp³-hybridized carbons (Fsp3) is 0.362. The fourth-order valence-electron chi connectivity index (χ4n) is 7.49. The van der Waals surface area contributed by atoms with Gasteiger partial charge in [-0.15, -0.1) is 6.58 Å². The Morgan fingerprint density at radius 2 is 1.43 bits per heavy atom. The minimum absolute atomic E-state index is 0.0323. The Bertz CT molecular complexity index is 2120. The maximum Gasteiger partial charge on any atom is 0.410 e. The first-order valence-corrected chi connectivity index (χ1v) is 20.7. The van der Waals surface area contributed by atoms with E-state index in [1.165, 1.54) is 37.9 Å². The van der Waals surface area contributed by atoms with Gasteiger partial charge in [0.05, 0.1) is 15.6 Å². The van der Waals surface area contributed by atoms with E-state index in [9.17, 15) is 29.4 Å². The zero-order chi connectivity index (χ0) is 43.9. The van der Waals surface area contributed by atoms with Crippen molar-refractivity contribution in [2.75, 3.05) is 13.7 Å². The molecule has 3 unspecified atom stereocenters. The number of hydrogen-bond acceptors (Lipinski definition) is 8. The number of benzene rings is 4. The van der Waals surface area contributed by atoms with E-state index in [2.05, 4.69) is 17.2 Å². The van der Waals surface area contributed by atoms with Crippen LogP contribution < -0.4 is 10.6 Å². The van der Waals surface area contributed by atoms with Gasteiger partial charge in [0.15, 0.2) is 11.8 Å². The van der Waals surface area contributed by atoms with E-state index in [0.717, 1.165) is 22.3 Å². The second-order valence-electron chi connectivity index (χ2n) is 15.9. The van der Waals surface area contributed by atoms with Crippen LogP contribution in [0.1, 0.15) is 75.3 Å². The zero-order valence-electron chi connectivity index (χ0n) is 34.7. The van der Waals surface area contributed by atoms with Crippen molar-refractivity contribution in [1.82, 2.24) is 15.5 Å². The number of amides is 3. The van der Waals surface area contributed by atoms with Crippen molar-refractivity contribution in [3.63, 3.8) is 0 Å². The van der Waals surface area contributed by atoms with Crippen LogP contribution in [-0.2, 0) is 30.3 Å². The molecule has 0 aliphatic heterocycles. The van der Waals surface area contributed by atoms with Crippen molar-refractivity contribution in [3.05, 3.63) is 136 Å². The summed E-state index contributed by atoms with van der Waals surface area (Å²) in [5.74, 6) is -3.77. The van der Waals surface area contributed by atoms with Gasteiger partial charge in [-0.05, 0) is 65.3 Å². The number of nitrogens with one attached hydrogen (secondary N) is 2. The van der Waals surface area contributed by atoms with E-state index >= 15 is 0 Å². The van der Waals surface area contributed by atoms with Crippen LogP contribution in [0.3, 0.4) is 0 Å². The molecule has 1 aliphatic rings. The smallest absolute Gasteiger partial charge is 0.410 e. The third-order valence-electron chi connectivity index (χ3n) is 11.1. The molecule has 0 bridgehead atoms. The molecule has 0 saturated carbocycles.